The summed E-state index contributed by atoms with van der Waals surface area (Å²) in [5.74, 6) is -0.638. The molecule has 3 nitrogen and oxygen atoms in total. The molecule has 0 saturated heterocycles. The molecule has 2 rings (SSSR count). The Balaban J connectivity index is 2.26. The van der Waals surface area contributed by atoms with Crippen LogP contribution in [0.15, 0.2) is 24.3 Å². The molecular formula is C12H15NO2. The summed E-state index contributed by atoms with van der Waals surface area (Å²) in [6, 6.07) is 8.02. The minimum absolute atomic E-state index is 0.175. The van der Waals surface area contributed by atoms with Crippen LogP contribution in [0.1, 0.15) is 17.9 Å². The minimum atomic E-state index is -0.673. The van der Waals surface area contributed by atoms with Gasteiger partial charge in [-0.15, -0.1) is 0 Å². The molecule has 3 heteroatoms. The number of carbonyl (C=O) groups is 1. The summed E-state index contributed by atoms with van der Waals surface area (Å²) in [4.78, 5) is 12.8. The predicted octanol–water partition coefficient (Wildman–Crippen LogP) is 1.94. The van der Waals surface area contributed by atoms with Crippen LogP contribution in [0.3, 0.4) is 0 Å². The minimum Gasteiger partial charge on any atom is -0.481 e. The molecule has 2 unspecified atom stereocenters. The van der Waals surface area contributed by atoms with Gasteiger partial charge in [0.05, 0.1) is 5.92 Å². The molecule has 0 bridgehead atoms. The lowest BCUT2D eigenvalue weighted by Gasteiger charge is -2.17. The molecule has 1 aromatic rings. The summed E-state index contributed by atoms with van der Waals surface area (Å²) in [7, 11) is 3.97. The Morgan fingerprint density at radius 1 is 1.40 bits per heavy atom. The molecule has 0 aromatic heterocycles. The van der Waals surface area contributed by atoms with Crippen molar-refractivity contribution < 1.29 is 9.90 Å². The summed E-state index contributed by atoms with van der Waals surface area (Å²) in [5, 5.41) is 8.90. The highest BCUT2D eigenvalue weighted by molar-refractivity contribution is 5.76. The Bertz CT molecular complexity index is 387. The Kier molecular flexibility index (Phi) is 2.39. The second-order valence-electron chi connectivity index (χ2n) is 4.24. The first-order chi connectivity index (χ1) is 7.11. The molecule has 0 spiro atoms. The van der Waals surface area contributed by atoms with Gasteiger partial charge >= 0.3 is 5.97 Å². The van der Waals surface area contributed by atoms with Crippen LogP contribution in [0.4, 0.5) is 5.69 Å². The fourth-order valence-electron chi connectivity index (χ4n) is 2.02. The van der Waals surface area contributed by atoms with E-state index in [1.54, 1.807) is 0 Å². The number of aliphatic carboxylic acids is 1. The standard InChI is InChI=1S/C12H15NO2/c1-13(2)11-6-4-3-5-8(11)9-7-10(9)12(14)15/h3-6,9-10H,7H2,1-2H3,(H,14,15). The average molecular weight is 205 g/mol. The fourth-order valence-corrected chi connectivity index (χ4v) is 2.02. The quantitative estimate of drug-likeness (QED) is 0.819. The van der Waals surface area contributed by atoms with Crippen LogP contribution in [-0.4, -0.2) is 25.2 Å². The van der Waals surface area contributed by atoms with Crippen molar-refractivity contribution in [3.05, 3.63) is 29.8 Å². The van der Waals surface area contributed by atoms with Gasteiger partial charge in [-0.2, -0.15) is 0 Å². The van der Waals surface area contributed by atoms with E-state index in [9.17, 15) is 4.79 Å². The van der Waals surface area contributed by atoms with Gasteiger partial charge in [0.2, 0.25) is 0 Å². The topological polar surface area (TPSA) is 40.5 Å². The van der Waals surface area contributed by atoms with Gasteiger partial charge in [0.1, 0.15) is 0 Å². The van der Waals surface area contributed by atoms with E-state index in [4.69, 9.17) is 5.11 Å². The van der Waals surface area contributed by atoms with Crippen molar-refractivity contribution >= 4 is 11.7 Å². The second-order valence-corrected chi connectivity index (χ2v) is 4.24. The third kappa shape index (κ3) is 1.82. The molecule has 1 aromatic carbocycles. The van der Waals surface area contributed by atoms with Crippen LogP contribution >= 0.6 is 0 Å². The molecule has 0 radical (unpaired) electrons. The van der Waals surface area contributed by atoms with Crippen LogP contribution in [0.25, 0.3) is 0 Å². The monoisotopic (exact) mass is 205 g/mol. The molecule has 1 fully saturated rings. The van der Waals surface area contributed by atoms with Crippen molar-refractivity contribution in [2.75, 3.05) is 19.0 Å². The van der Waals surface area contributed by atoms with E-state index in [-0.39, 0.29) is 11.8 Å². The molecule has 1 saturated carbocycles. The summed E-state index contributed by atoms with van der Waals surface area (Å²) in [6.07, 6.45) is 0.778. The average Bonchev–Trinajstić information content (AvgIpc) is 2.97. The van der Waals surface area contributed by atoms with E-state index in [0.29, 0.717) is 0 Å². The van der Waals surface area contributed by atoms with Crippen molar-refractivity contribution in [3.63, 3.8) is 0 Å². The molecule has 1 aliphatic carbocycles. The number of carboxylic acid groups (broad SMARTS) is 1. The van der Waals surface area contributed by atoms with Crippen LogP contribution in [0.2, 0.25) is 0 Å². The van der Waals surface area contributed by atoms with Gasteiger partial charge in [-0.3, -0.25) is 4.79 Å². The highest BCUT2D eigenvalue weighted by Crippen LogP contribution is 2.50. The predicted molar refractivity (Wildman–Crippen MR) is 59.3 cm³/mol. The first-order valence-corrected chi connectivity index (χ1v) is 5.10. The van der Waals surface area contributed by atoms with Gasteiger partial charge in [-0.05, 0) is 18.1 Å². The Morgan fingerprint density at radius 3 is 2.60 bits per heavy atom. The molecule has 80 valence electrons. The number of hydrogen-bond donors (Lipinski definition) is 1. The summed E-state index contributed by atoms with van der Waals surface area (Å²) >= 11 is 0. The molecule has 0 aliphatic heterocycles. The lowest BCUT2D eigenvalue weighted by Crippen LogP contribution is -2.11. The van der Waals surface area contributed by atoms with Gasteiger partial charge in [-0.25, -0.2) is 0 Å². The number of hydrogen-bond acceptors (Lipinski definition) is 2. The van der Waals surface area contributed by atoms with Crippen LogP contribution in [0.5, 0.6) is 0 Å². The molecule has 0 heterocycles. The Morgan fingerprint density at radius 2 is 2.07 bits per heavy atom. The normalized spacial score (nSPS) is 23.6. The number of anilines is 1. The molecule has 2 atom stereocenters. The maximum Gasteiger partial charge on any atom is 0.307 e. The first kappa shape index (κ1) is 10.0. The van der Waals surface area contributed by atoms with Crippen LogP contribution in [0, 0.1) is 5.92 Å². The second kappa shape index (κ2) is 3.57. The first-order valence-electron chi connectivity index (χ1n) is 5.10. The van der Waals surface area contributed by atoms with E-state index in [2.05, 4.69) is 0 Å². The van der Waals surface area contributed by atoms with Crippen molar-refractivity contribution in [1.82, 2.24) is 0 Å². The van der Waals surface area contributed by atoms with Gasteiger partial charge in [0, 0.05) is 25.7 Å². The van der Waals surface area contributed by atoms with E-state index >= 15 is 0 Å². The third-order valence-electron chi connectivity index (χ3n) is 2.93. The number of benzene rings is 1. The summed E-state index contributed by atoms with van der Waals surface area (Å²) in [6.45, 7) is 0. The van der Waals surface area contributed by atoms with Crippen LogP contribution in [-0.2, 0) is 4.79 Å². The highest BCUT2D eigenvalue weighted by Gasteiger charge is 2.45. The van der Waals surface area contributed by atoms with E-state index in [0.717, 1.165) is 17.7 Å². The maximum absolute atomic E-state index is 10.8. The zero-order valence-electron chi connectivity index (χ0n) is 8.97. The number of para-hydroxylation sites is 1. The highest BCUT2D eigenvalue weighted by atomic mass is 16.4. The molecule has 15 heavy (non-hydrogen) atoms. The Hall–Kier alpha value is -1.51. The largest absolute Gasteiger partial charge is 0.481 e. The van der Waals surface area contributed by atoms with Crippen LogP contribution < -0.4 is 4.90 Å². The smallest absolute Gasteiger partial charge is 0.307 e. The summed E-state index contributed by atoms with van der Waals surface area (Å²) in [5.41, 5.74) is 2.29. The van der Waals surface area contributed by atoms with E-state index in [1.165, 1.54) is 0 Å². The molecule has 1 aliphatic rings. The lowest BCUT2D eigenvalue weighted by atomic mass is 10.1. The number of nitrogens with zero attached hydrogens (tertiary/aromatic N) is 1. The van der Waals surface area contributed by atoms with Crippen molar-refractivity contribution in [1.29, 1.82) is 0 Å². The van der Waals surface area contributed by atoms with E-state index < -0.39 is 5.97 Å². The SMILES string of the molecule is CN(C)c1ccccc1C1CC1C(=O)O. The molecule has 0 amide bonds. The van der Waals surface area contributed by atoms with Crippen molar-refractivity contribution in [2.24, 2.45) is 5.92 Å². The van der Waals surface area contributed by atoms with Crippen molar-refractivity contribution in [2.45, 2.75) is 12.3 Å². The third-order valence-corrected chi connectivity index (χ3v) is 2.93. The summed E-state index contributed by atoms with van der Waals surface area (Å²) < 4.78 is 0. The lowest BCUT2D eigenvalue weighted by molar-refractivity contribution is -0.138. The number of carboxylic acids is 1. The maximum atomic E-state index is 10.8. The van der Waals surface area contributed by atoms with Gasteiger partial charge in [0.15, 0.2) is 0 Å². The zero-order valence-corrected chi connectivity index (χ0v) is 8.97. The molecule has 1 N–H and O–H groups in total. The number of rotatable bonds is 3. The van der Waals surface area contributed by atoms with Gasteiger partial charge < -0.3 is 10.0 Å². The van der Waals surface area contributed by atoms with Gasteiger partial charge in [-0.1, -0.05) is 18.2 Å². The molecular weight excluding hydrogens is 190 g/mol. The fraction of sp³-hybridized carbons (Fsp3) is 0.417. The van der Waals surface area contributed by atoms with Gasteiger partial charge in [0.25, 0.3) is 0 Å². The Labute approximate surface area is 89.3 Å². The van der Waals surface area contributed by atoms with Crippen molar-refractivity contribution in [3.8, 4) is 0 Å². The zero-order chi connectivity index (χ0) is 11.0. The van der Waals surface area contributed by atoms with E-state index in [1.807, 2.05) is 43.3 Å².